The van der Waals surface area contributed by atoms with Gasteiger partial charge in [-0.1, -0.05) is 6.92 Å². The number of nitrogens with two attached hydrogens (primary N) is 1. The molecule has 1 atom stereocenters. The van der Waals surface area contributed by atoms with E-state index in [1.807, 2.05) is 25.1 Å². The molecular weight excluding hydrogens is 510 g/mol. The Morgan fingerprint density at radius 2 is 1.95 bits per heavy atom. The largest absolute Gasteiger partial charge is 0.489 e. The number of primary amides is 1. The predicted molar refractivity (Wildman–Crippen MR) is 145 cm³/mol. The van der Waals surface area contributed by atoms with Gasteiger partial charge in [-0.2, -0.15) is 4.31 Å². The molecule has 12 nitrogen and oxygen atoms in total. The van der Waals surface area contributed by atoms with Crippen LogP contribution in [0, 0.1) is 0 Å². The lowest BCUT2D eigenvalue weighted by atomic mass is 10.1. The third kappa shape index (κ3) is 5.36. The van der Waals surface area contributed by atoms with Crippen LogP contribution in [-0.2, 0) is 21.2 Å². The van der Waals surface area contributed by atoms with Gasteiger partial charge in [0, 0.05) is 50.6 Å². The number of sulfonamides is 1. The molecule has 1 amide bonds. The highest BCUT2D eigenvalue weighted by Gasteiger charge is 2.36. The molecule has 13 heteroatoms. The second-order valence-corrected chi connectivity index (χ2v) is 11.9. The van der Waals surface area contributed by atoms with E-state index in [2.05, 4.69) is 20.5 Å². The monoisotopic (exact) mass is 545 g/mol. The molecule has 2 aromatic rings. The maximum Gasteiger partial charge on any atom is 0.271 e. The Balaban J connectivity index is 1.38. The number of hydrogen-bond donors (Lipinski definition) is 3. The van der Waals surface area contributed by atoms with Crippen LogP contribution in [0.5, 0.6) is 5.75 Å². The molecule has 0 spiro atoms. The van der Waals surface area contributed by atoms with E-state index in [0.717, 1.165) is 18.5 Å². The second-order valence-electron chi connectivity index (χ2n) is 9.69. The molecule has 1 aromatic carbocycles. The minimum Gasteiger partial charge on any atom is -0.489 e. The van der Waals surface area contributed by atoms with Crippen molar-refractivity contribution in [1.82, 2.24) is 14.3 Å². The van der Waals surface area contributed by atoms with Crippen LogP contribution in [0.15, 0.2) is 18.2 Å². The van der Waals surface area contributed by atoms with Crippen molar-refractivity contribution in [2.45, 2.75) is 45.2 Å². The Bertz CT molecular complexity index is 1300. The molecule has 206 valence electrons. The first-order chi connectivity index (χ1) is 18.3. The molecule has 0 saturated carbocycles. The lowest BCUT2D eigenvalue weighted by Gasteiger charge is -2.45. The van der Waals surface area contributed by atoms with E-state index in [0.29, 0.717) is 68.8 Å². The highest BCUT2D eigenvalue weighted by atomic mass is 32.2. The number of fused-ring (bicyclic) bond motifs is 3. The number of benzene rings is 1. The smallest absolute Gasteiger partial charge is 0.271 e. The van der Waals surface area contributed by atoms with Crippen LogP contribution in [0.1, 0.15) is 42.9 Å². The van der Waals surface area contributed by atoms with E-state index >= 15 is 0 Å². The molecular formula is C25H35N7O5S. The number of amides is 1. The average Bonchev–Trinajstić information content (AvgIpc) is 2.93. The fourth-order valence-electron chi connectivity index (χ4n) is 5.12. The summed E-state index contributed by atoms with van der Waals surface area (Å²) < 4.78 is 37.8. The molecule has 38 heavy (non-hydrogen) atoms. The van der Waals surface area contributed by atoms with Crippen molar-refractivity contribution >= 4 is 38.9 Å². The van der Waals surface area contributed by atoms with Gasteiger partial charge in [0.25, 0.3) is 5.91 Å². The minimum atomic E-state index is -3.24. The number of nitrogens with zero attached hydrogens (tertiary/aromatic N) is 4. The Hall–Kier alpha value is -3.16. The summed E-state index contributed by atoms with van der Waals surface area (Å²) >= 11 is 0. The summed E-state index contributed by atoms with van der Waals surface area (Å²) in [5.74, 6) is 1.01. The zero-order chi connectivity index (χ0) is 26.9. The quantitative estimate of drug-likeness (QED) is 0.447. The summed E-state index contributed by atoms with van der Waals surface area (Å²) in [5.41, 5.74) is 8.00. The standard InChI is InChI=1S/C25H35N7O5S/c1-3-19-24(27-16-7-11-36-12-8-16)30-25(22(29-19)23(26)33)28-17-5-6-20-21(13-17)37-15-18-14-31(9-10-32(18)20)38(34,35)4-2/h5-6,13,16,18H,3-4,7-12,14-15H2,1-2H3,(H2,26,33)(H2,27,28,30). The molecule has 4 heterocycles. The molecule has 0 radical (unpaired) electrons. The minimum absolute atomic E-state index is 0.0517. The molecule has 0 bridgehead atoms. The summed E-state index contributed by atoms with van der Waals surface area (Å²) in [6.45, 7) is 6.81. The molecule has 2 fully saturated rings. The first-order valence-electron chi connectivity index (χ1n) is 13.1. The maximum atomic E-state index is 12.3. The molecule has 1 unspecified atom stereocenters. The normalized spacial score (nSPS) is 20.3. The zero-order valence-corrected chi connectivity index (χ0v) is 22.6. The Kier molecular flexibility index (Phi) is 7.59. The van der Waals surface area contributed by atoms with Gasteiger partial charge in [0.15, 0.2) is 17.3 Å². The molecule has 4 N–H and O–H groups in total. The van der Waals surface area contributed by atoms with Gasteiger partial charge in [0.1, 0.15) is 12.4 Å². The highest BCUT2D eigenvalue weighted by Crippen LogP contribution is 2.38. The van der Waals surface area contributed by atoms with Crippen LogP contribution in [0.2, 0.25) is 0 Å². The summed E-state index contributed by atoms with van der Waals surface area (Å²) in [6.07, 6.45) is 2.33. The molecule has 1 aromatic heterocycles. The van der Waals surface area contributed by atoms with Crippen LogP contribution in [-0.4, -0.2) is 85.9 Å². The summed E-state index contributed by atoms with van der Waals surface area (Å²) in [4.78, 5) is 23.7. The van der Waals surface area contributed by atoms with Crippen LogP contribution in [0.25, 0.3) is 0 Å². The van der Waals surface area contributed by atoms with E-state index in [9.17, 15) is 13.2 Å². The van der Waals surface area contributed by atoms with Gasteiger partial charge in [0.2, 0.25) is 10.0 Å². The number of ether oxygens (including phenoxy) is 2. The number of anilines is 4. The SMILES string of the molecule is CCc1nc(C(N)=O)c(Nc2ccc3c(c2)OCC2CN(S(=O)(=O)CC)CCN32)nc1NC1CCOCC1. The van der Waals surface area contributed by atoms with Crippen molar-refractivity contribution in [1.29, 1.82) is 0 Å². The van der Waals surface area contributed by atoms with Crippen molar-refractivity contribution in [3.05, 3.63) is 29.6 Å². The van der Waals surface area contributed by atoms with Crippen molar-refractivity contribution in [2.75, 3.05) is 60.7 Å². The molecule has 5 rings (SSSR count). The van der Waals surface area contributed by atoms with Gasteiger partial charge in [-0.05, 0) is 38.3 Å². The van der Waals surface area contributed by atoms with E-state index in [4.69, 9.17) is 20.2 Å². The average molecular weight is 546 g/mol. The van der Waals surface area contributed by atoms with E-state index < -0.39 is 15.9 Å². The fourth-order valence-corrected chi connectivity index (χ4v) is 6.24. The lowest BCUT2D eigenvalue weighted by molar-refractivity contribution is 0.0903. The third-order valence-electron chi connectivity index (χ3n) is 7.27. The number of carbonyl (C=O) groups excluding carboxylic acids is 1. The number of aryl methyl sites for hydroxylation is 1. The van der Waals surface area contributed by atoms with Gasteiger partial charge in [-0.3, -0.25) is 4.79 Å². The Morgan fingerprint density at radius 1 is 1.16 bits per heavy atom. The molecule has 3 aliphatic rings. The lowest BCUT2D eigenvalue weighted by Crippen LogP contribution is -2.58. The van der Waals surface area contributed by atoms with Gasteiger partial charge >= 0.3 is 0 Å². The van der Waals surface area contributed by atoms with Crippen molar-refractivity contribution in [3.63, 3.8) is 0 Å². The maximum absolute atomic E-state index is 12.3. The highest BCUT2D eigenvalue weighted by molar-refractivity contribution is 7.89. The summed E-state index contributed by atoms with van der Waals surface area (Å²) in [6, 6.07) is 5.84. The number of aromatic nitrogens is 2. The van der Waals surface area contributed by atoms with Gasteiger partial charge < -0.3 is 30.7 Å². The van der Waals surface area contributed by atoms with Gasteiger partial charge in [-0.25, -0.2) is 18.4 Å². The first-order valence-corrected chi connectivity index (χ1v) is 14.7. The van der Waals surface area contributed by atoms with Gasteiger partial charge in [-0.15, -0.1) is 0 Å². The van der Waals surface area contributed by atoms with Crippen molar-refractivity contribution in [3.8, 4) is 5.75 Å². The molecule has 0 aliphatic carbocycles. The van der Waals surface area contributed by atoms with E-state index in [-0.39, 0.29) is 29.3 Å². The van der Waals surface area contributed by atoms with Crippen LogP contribution < -0.4 is 26.0 Å². The zero-order valence-electron chi connectivity index (χ0n) is 21.8. The summed E-state index contributed by atoms with van der Waals surface area (Å²) in [5, 5.41) is 6.68. The number of rotatable bonds is 8. The topological polar surface area (TPSA) is 152 Å². The predicted octanol–water partition coefficient (Wildman–Crippen LogP) is 1.71. The van der Waals surface area contributed by atoms with Crippen LogP contribution in [0.4, 0.5) is 23.0 Å². The molecule has 3 aliphatic heterocycles. The number of carbonyl (C=O) groups is 1. The van der Waals surface area contributed by atoms with E-state index in [1.54, 1.807) is 11.2 Å². The van der Waals surface area contributed by atoms with Crippen LogP contribution >= 0.6 is 0 Å². The Labute approximate surface area is 222 Å². The van der Waals surface area contributed by atoms with Gasteiger partial charge in [0.05, 0.1) is 23.2 Å². The fraction of sp³-hybridized carbons (Fsp3) is 0.560. The summed E-state index contributed by atoms with van der Waals surface area (Å²) in [7, 11) is -3.24. The second kappa shape index (κ2) is 10.9. The van der Waals surface area contributed by atoms with E-state index in [1.165, 1.54) is 0 Å². The van der Waals surface area contributed by atoms with Crippen molar-refractivity contribution < 1.29 is 22.7 Å². The van der Waals surface area contributed by atoms with Crippen LogP contribution in [0.3, 0.4) is 0 Å². The number of nitrogens with one attached hydrogen (secondary N) is 2. The molecule has 2 saturated heterocycles. The first kappa shape index (κ1) is 26.4. The third-order valence-corrected chi connectivity index (χ3v) is 9.11. The number of hydrogen-bond acceptors (Lipinski definition) is 10. The number of piperazine rings is 1. The Morgan fingerprint density at radius 3 is 2.66 bits per heavy atom. The van der Waals surface area contributed by atoms with Crippen molar-refractivity contribution in [2.24, 2.45) is 5.73 Å².